The minimum Gasteiger partial charge on any atom is -0.497 e. The molecule has 20 heavy (non-hydrogen) atoms. The Morgan fingerprint density at radius 3 is 2.05 bits per heavy atom. The van der Waals surface area contributed by atoms with E-state index in [-0.39, 0.29) is 0 Å². The molecule has 0 aliphatic carbocycles. The highest BCUT2D eigenvalue weighted by atomic mass is 19.2. The van der Waals surface area contributed by atoms with Gasteiger partial charge in [0.25, 0.3) is 0 Å². The predicted octanol–water partition coefficient (Wildman–Crippen LogP) is 3.43. The number of ether oxygens (including phenoxy) is 1. The molecule has 2 rings (SSSR count). The van der Waals surface area contributed by atoms with Gasteiger partial charge in [0.2, 0.25) is 0 Å². The molecule has 0 aliphatic rings. The van der Waals surface area contributed by atoms with Crippen molar-refractivity contribution < 1.29 is 13.5 Å². The third-order valence-corrected chi connectivity index (χ3v) is 2.54. The van der Waals surface area contributed by atoms with Crippen LogP contribution in [0, 0.1) is 11.6 Å². The summed E-state index contributed by atoms with van der Waals surface area (Å²) in [5, 5.41) is 7.61. The van der Waals surface area contributed by atoms with Gasteiger partial charge in [0.05, 0.1) is 19.5 Å². The number of nitrogens with zero attached hydrogens (tertiary/aromatic N) is 2. The number of hydrogen-bond donors (Lipinski definition) is 0. The predicted molar refractivity (Wildman–Crippen MR) is 74.5 cm³/mol. The van der Waals surface area contributed by atoms with Gasteiger partial charge in [-0.05, 0) is 47.5 Å². The van der Waals surface area contributed by atoms with E-state index in [2.05, 4.69) is 10.2 Å². The van der Waals surface area contributed by atoms with Crippen molar-refractivity contribution in [2.24, 2.45) is 10.2 Å². The maximum atomic E-state index is 12.9. The lowest BCUT2D eigenvalue weighted by molar-refractivity contribution is 0.415. The van der Waals surface area contributed by atoms with Gasteiger partial charge in [-0.25, -0.2) is 8.78 Å². The molecule has 0 unspecified atom stereocenters. The summed E-state index contributed by atoms with van der Waals surface area (Å²) in [6, 6.07) is 10.8. The van der Waals surface area contributed by atoms with E-state index in [1.807, 2.05) is 12.1 Å². The van der Waals surface area contributed by atoms with Crippen LogP contribution in [0.3, 0.4) is 0 Å². The number of methoxy groups -OCH3 is 1. The van der Waals surface area contributed by atoms with Crippen LogP contribution in [0.4, 0.5) is 8.78 Å². The molecule has 0 aromatic heterocycles. The fourth-order valence-electron chi connectivity index (χ4n) is 1.48. The molecular formula is C15H12F2N2O. The topological polar surface area (TPSA) is 34.0 Å². The van der Waals surface area contributed by atoms with Gasteiger partial charge in [0.1, 0.15) is 5.75 Å². The molecule has 2 aromatic rings. The van der Waals surface area contributed by atoms with Crippen LogP contribution in [0.25, 0.3) is 0 Å². The Morgan fingerprint density at radius 1 is 0.850 bits per heavy atom. The second-order valence-electron chi connectivity index (χ2n) is 3.94. The third kappa shape index (κ3) is 3.71. The Balaban J connectivity index is 2.01. The van der Waals surface area contributed by atoms with E-state index in [4.69, 9.17) is 4.74 Å². The fourth-order valence-corrected chi connectivity index (χ4v) is 1.48. The zero-order chi connectivity index (χ0) is 14.4. The lowest BCUT2D eigenvalue weighted by Gasteiger charge is -1.97. The summed E-state index contributed by atoms with van der Waals surface area (Å²) in [6.07, 6.45) is 2.90. The molecule has 0 heterocycles. The lowest BCUT2D eigenvalue weighted by atomic mass is 10.2. The molecule has 0 N–H and O–H groups in total. The summed E-state index contributed by atoms with van der Waals surface area (Å²) in [4.78, 5) is 0. The number of hydrogen-bond acceptors (Lipinski definition) is 3. The average molecular weight is 274 g/mol. The summed E-state index contributed by atoms with van der Waals surface area (Å²) >= 11 is 0. The Morgan fingerprint density at radius 2 is 1.45 bits per heavy atom. The molecule has 0 radical (unpaired) electrons. The quantitative estimate of drug-likeness (QED) is 0.621. The molecule has 0 saturated heterocycles. The molecule has 0 aliphatic heterocycles. The van der Waals surface area contributed by atoms with Gasteiger partial charge in [-0.15, -0.1) is 0 Å². The van der Waals surface area contributed by atoms with Crippen molar-refractivity contribution in [3.63, 3.8) is 0 Å². The largest absolute Gasteiger partial charge is 0.497 e. The lowest BCUT2D eigenvalue weighted by Crippen LogP contribution is -1.87. The average Bonchev–Trinajstić information content (AvgIpc) is 2.48. The third-order valence-electron chi connectivity index (χ3n) is 2.54. The summed E-state index contributed by atoms with van der Waals surface area (Å²) in [5.41, 5.74) is 1.30. The number of rotatable bonds is 4. The number of halogens is 2. The van der Waals surface area contributed by atoms with E-state index in [0.717, 1.165) is 23.4 Å². The first-order valence-corrected chi connectivity index (χ1v) is 5.84. The summed E-state index contributed by atoms with van der Waals surface area (Å²) in [5.74, 6) is -1.04. The van der Waals surface area contributed by atoms with E-state index in [9.17, 15) is 8.78 Å². The Kier molecular flexibility index (Phi) is 4.55. The minimum absolute atomic E-state index is 0.441. The molecule has 0 spiro atoms. The summed E-state index contributed by atoms with van der Waals surface area (Å²) in [7, 11) is 1.59. The smallest absolute Gasteiger partial charge is 0.159 e. The summed E-state index contributed by atoms with van der Waals surface area (Å²) < 4.78 is 30.7. The van der Waals surface area contributed by atoms with Gasteiger partial charge in [0.15, 0.2) is 11.6 Å². The molecule has 2 aromatic carbocycles. The van der Waals surface area contributed by atoms with Gasteiger partial charge in [0, 0.05) is 0 Å². The zero-order valence-electron chi connectivity index (χ0n) is 10.8. The van der Waals surface area contributed by atoms with E-state index >= 15 is 0 Å². The molecule has 0 amide bonds. The SMILES string of the molecule is COc1ccc(C=NN=Cc2ccc(F)c(F)c2)cc1. The van der Waals surface area contributed by atoms with Crippen LogP contribution < -0.4 is 4.74 Å². The van der Waals surface area contributed by atoms with Crippen LogP contribution in [-0.2, 0) is 0 Å². The molecule has 0 saturated carbocycles. The highest BCUT2D eigenvalue weighted by Gasteiger charge is 1.99. The van der Waals surface area contributed by atoms with Crippen molar-refractivity contribution in [2.75, 3.05) is 7.11 Å². The second kappa shape index (κ2) is 6.56. The standard InChI is InChI=1S/C15H12F2N2O/c1-20-13-5-2-11(3-6-13)9-18-19-10-12-4-7-14(16)15(17)8-12/h2-10H,1H3. The van der Waals surface area contributed by atoms with Crippen molar-refractivity contribution in [3.8, 4) is 5.75 Å². The van der Waals surface area contributed by atoms with E-state index in [1.54, 1.807) is 25.5 Å². The van der Waals surface area contributed by atoms with Crippen molar-refractivity contribution in [2.45, 2.75) is 0 Å². The van der Waals surface area contributed by atoms with Crippen molar-refractivity contribution in [1.82, 2.24) is 0 Å². The first-order valence-electron chi connectivity index (χ1n) is 5.84. The maximum Gasteiger partial charge on any atom is 0.159 e. The molecule has 102 valence electrons. The van der Waals surface area contributed by atoms with Crippen LogP contribution in [0.5, 0.6) is 5.75 Å². The van der Waals surface area contributed by atoms with Gasteiger partial charge < -0.3 is 4.74 Å². The van der Waals surface area contributed by atoms with Crippen LogP contribution in [0.1, 0.15) is 11.1 Å². The van der Waals surface area contributed by atoms with Crippen LogP contribution in [0.15, 0.2) is 52.7 Å². The van der Waals surface area contributed by atoms with Gasteiger partial charge in [-0.2, -0.15) is 10.2 Å². The van der Waals surface area contributed by atoms with Crippen molar-refractivity contribution >= 4 is 12.4 Å². The van der Waals surface area contributed by atoms with E-state index in [0.29, 0.717) is 5.56 Å². The van der Waals surface area contributed by atoms with Crippen molar-refractivity contribution in [3.05, 3.63) is 65.2 Å². The van der Waals surface area contributed by atoms with Crippen molar-refractivity contribution in [1.29, 1.82) is 0 Å². The fraction of sp³-hybridized carbons (Fsp3) is 0.0667. The Hall–Kier alpha value is -2.56. The van der Waals surface area contributed by atoms with Crippen LogP contribution in [-0.4, -0.2) is 19.5 Å². The normalized spacial score (nSPS) is 11.3. The van der Waals surface area contributed by atoms with Gasteiger partial charge in [-0.1, -0.05) is 6.07 Å². The first-order chi connectivity index (χ1) is 9.69. The van der Waals surface area contributed by atoms with Crippen LogP contribution in [0.2, 0.25) is 0 Å². The molecular weight excluding hydrogens is 262 g/mol. The maximum absolute atomic E-state index is 12.9. The molecule has 0 fully saturated rings. The molecule has 3 nitrogen and oxygen atoms in total. The molecule has 5 heteroatoms. The van der Waals surface area contributed by atoms with Crippen LogP contribution >= 0.6 is 0 Å². The van der Waals surface area contributed by atoms with E-state index < -0.39 is 11.6 Å². The second-order valence-corrected chi connectivity index (χ2v) is 3.94. The number of benzene rings is 2. The summed E-state index contributed by atoms with van der Waals surface area (Å²) in [6.45, 7) is 0. The highest BCUT2D eigenvalue weighted by molar-refractivity contribution is 5.82. The minimum atomic E-state index is -0.909. The zero-order valence-corrected chi connectivity index (χ0v) is 10.8. The monoisotopic (exact) mass is 274 g/mol. The molecule has 0 bridgehead atoms. The Labute approximate surface area is 115 Å². The first kappa shape index (κ1) is 13.9. The highest BCUT2D eigenvalue weighted by Crippen LogP contribution is 2.10. The molecule has 0 atom stereocenters. The Bertz CT molecular complexity index is 637. The van der Waals surface area contributed by atoms with Gasteiger partial charge >= 0.3 is 0 Å². The van der Waals surface area contributed by atoms with E-state index in [1.165, 1.54) is 12.3 Å². The van der Waals surface area contributed by atoms with Gasteiger partial charge in [-0.3, -0.25) is 0 Å².